The predicted molar refractivity (Wildman–Crippen MR) is 68.0 cm³/mol. The molecule has 0 radical (unpaired) electrons. The van der Waals surface area contributed by atoms with Crippen molar-refractivity contribution in [3.63, 3.8) is 0 Å². The van der Waals surface area contributed by atoms with Gasteiger partial charge in [-0.1, -0.05) is 18.2 Å². The van der Waals surface area contributed by atoms with Gasteiger partial charge in [-0.05, 0) is 19.1 Å². The van der Waals surface area contributed by atoms with Gasteiger partial charge in [0, 0.05) is 11.5 Å². The van der Waals surface area contributed by atoms with Crippen LogP contribution >= 0.6 is 0 Å². The summed E-state index contributed by atoms with van der Waals surface area (Å²) >= 11 is 0. The van der Waals surface area contributed by atoms with Crippen molar-refractivity contribution in [3.05, 3.63) is 41.8 Å². The van der Waals surface area contributed by atoms with E-state index in [1.165, 1.54) is 19.1 Å². The van der Waals surface area contributed by atoms with Gasteiger partial charge in [0.25, 0.3) is 0 Å². The second-order valence-electron chi connectivity index (χ2n) is 3.73. The topological polar surface area (TPSA) is 101 Å². The SMILES string of the molecule is C[C@H](NC(=O)/C=C/S(=O)(=O)c1ccccc1)C(=O)O. The molecule has 7 heteroatoms. The highest BCUT2D eigenvalue weighted by Gasteiger charge is 2.14. The van der Waals surface area contributed by atoms with E-state index in [-0.39, 0.29) is 4.90 Å². The van der Waals surface area contributed by atoms with E-state index < -0.39 is 27.8 Å². The van der Waals surface area contributed by atoms with Crippen LogP contribution in [0.1, 0.15) is 6.92 Å². The zero-order valence-corrected chi connectivity index (χ0v) is 10.9. The first kappa shape index (κ1) is 14.9. The van der Waals surface area contributed by atoms with Gasteiger partial charge < -0.3 is 10.4 Å². The lowest BCUT2D eigenvalue weighted by Crippen LogP contribution is -2.37. The van der Waals surface area contributed by atoms with Crippen molar-refractivity contribution in [1.82, 2.24) is 5.32 Å². The van der Waals surface area contributed by atoms with Gasteiger partial charge in [-0.15, -0.1) is 0 Å². The lowest BCUT2D eigenvalue weighted by Gasteiger charge is -2.06. The number of sulfone groups is 1. The van der Waals surface area contributed by atoms with Gasteiger partial charge in [0.05, 0.1) is 4.90 Å². The maximum atomic E-state index is 11.8. The van der Waals surface area contributed by atoms with E-state index in [9.17, 15) is 18.0 Å². The van der Waals surface area contributed by atoms with Crippen LogP contribution in [0.5, 0.6) is 0 Å². The molecular weight excluding hydrogens is 270 g/mol. The van der Waals surface area contributed by atoms with Crippen molar-refractivity contribution in [3.8, 4) is 0 Å². The third-order valence-electron chi connectivity index (χ3n) is 2.20. The fourth-order valence-electron chi connectivity index (χ4n) is 1.16. The first-order valence-electron chi connectivity index (χ1n) is 5.34. The minimum atomic E-state index is -3.70. The number of carboxylic acid groups (broad SMARTS) is 1. The summed E-state index contributed by atoms with van der Waals surface area (Å²) in [7, 11) is -3.70. The van der Waals surface area contributed by atoms with E-state index in [0.717, 1.165) is 11.5 Å². The standard InChI is InChI=1S/C12H13NO5S/c1-9(12(15)16)13-11(14)7-8-19(17,18)10-5-3-2-4-6-10/h2-9H,1H3,(H,13,14)(H,15,16)/b8-7+/t9-/m0/s1. The number of benzene rings is 1. The van der Waals surface area contributed by atoms with Crippen LogP contribution in [-0.4, -0.2) is 31.4 Å². The Labute approximate surface area is 110 Å². The average molecular weight is 283 g/mol. The van der Waals surface area contributed by atoms with Gasteiger partial charge in [-0.2, -0.15) is 0 Å². The van der Waals surface area contributed by atoms with Crippen LogP contribution < -0.4 is 5.32 Å². The maximum Gasteiger partial charge on any atom is 0.325 e. The normalized spacial score (nSPS) is 13.1. The van der Waals surface area contributed by atoms with E-state index >= 15 is 0 Å². The van der Waals surface area contributed by atoms with E-state index in [2.05, 4.69) is 5.32 Å². The van der Waals surface area contributed by atoms with Gasteiger partial charge in [-0.25, -0.2) is 8.42 Å². The van der Waals surface area contributed by atoms with Crippen molar-refractivity contribution in [2.24, 2.45) is 0 Å². The van der Waals surface area contributed by atoms with Gasteiger partial charge in [0.2, 0.25) is 5.91 Å². The molecule has 0 spiro atoms. The number of aliphatic carboxylic acids is 1. The second-order valence-corrected chi connectivity index (χ2v) is 5.56. The quantitative estimate of drug-likeness (QED) is 0.769. The number of rotatable bonds is 5. The molecule has 0 aliphatic carbocycles. The Morgan fingerprint density at radius 3 is 2.37 bits per heavy atom. The molecule has 6 nitrogen and oxygen atoms in total. The van der Waals surface area contributed by atoms with Crippen LogP contribution in [0.15, 0.2) is 46.7 Å². The molecule has 0 aliphatic rings. The Hall–Kier alpha value is -2.15. The molecule has 19 heavy (non-hydrogen) atoms. The van der Waals surface area contributed by atoms with E-state index in [0.29, 0.717) is 0 Å². The number of carbonyl (C=O) groups excluding carboxylic acids is 1. The van der Waals surface area contributed by atoms with Gasteiger partial charge in [-0.3, -0.25) is 9.59 Å². The Morgan fingerprint density at radius 2 is 1.84 bits per heavy atom. The Bertz CT molecular complexity index is 592. The zero-order chi connectivity index (χ0) is 14.5. The monoisotopic (exact) mass is 283 g/mol. The second kappa shape index (κ2) is 6.14. The summed E-state index contributed by atoms with van der Waals surface area (Å²) in [6, 6.07) is 6.51. The van der Waals surface area contributed by atoms with Gasteiger partial charge in [0.1, 0.15) is 6.04 Å². The summed E-state index contributed by atoms with van der Waals surface area (Å²) < 4.78 is 23.5. The van der Waals surface area contributed by atoms with Crippen LogP contribution in [0.4, 0.5) is 0 Å². The zero-order valence-electron chi connectivity index (χ0n) is 10.1. The molecule has 0 heterocycles. The lowest BCUT2D eigenvalue weighted by molar-refractivity contribution is -0.140. The highest BCUT2D eigenvalue weighted by Crippen LogP contribution is 2.10. The number of nitrogens with one attached hydrogen (secondary N) is 1. The van der Waals surface area contributed by atoms with E-state index in [1.54, 1.807) is 18.2 Å². The van der Waals surface area contributed by atoms with Crippen LogP contribution in [0.3, 0.4) is 0 Å². The summed E-state index contributed by atoms with van der Waals surface area (Å²) in [5, 5.41) is 11.4. The molecule has 1 aromatic rings. The summed E-state index contributed by atoms with van der Waals surface area (Å²) in [6.07, 6.45) is 0.793. The number of amides is 1. The molecule has 0 saturated carbocycles. The molecule has 102 valence electrons. The largest absolute Gasteiger partial charge is 0.480 e. The fraction of sp³-hybridized carbons (Fsp3) is 0.167. The fourth-order valence-corrected chi connectivity index (χ4v) is 2.16. The first-order chi connectivity index (χ1) is 8.83. The Kier molecular flexibility index (Phi) is 4.82. The number of hydrogen-bond donors (Lipinski definition) is 2. The molecule has 1 amide bonds. The van der Waals surface area contributed by atoms with Gasteiger partial charge >= 0.3 is 5.97 Å². The lowest BCUT2D eigenvalue weighted by atomic mass is 10.3. The molecule has 1 rings (SSSR count). The van der Waals surface area contributed by atoms with E-state index in [1.807, 2.05) is 0 Å². The van der Waals surface area contributed by atoms with Gasteiger partial charge in [0.15, 0.2) is 9.84 Å². The van der Waals surface area contributed by atoms with Crippen LogP contribution in [-0.2, 0) is 19.4 Å². The summed E-state index contributed by atoms with van der Waals surface area (Å²) in [4.78, 5) is 21.9. The highest BCUT2D eigenvalue weighted by atomic mass is 32.2. The van der Waals surface area contributed by atoms with Crippen LogP contribution in [0.25, 0.3) is 0 Å². The van der Waals surface area contributed by atoms with Crippen molar-refractivity contribution >= 4 is 21.7 Å². The maximum absolute atomic E-state index is 11.8. The average Bonchev–Trinajstić information content (AvgIpc) is 2.37. The first-order valence-corrected chi connectivity index (χ1v) is 6.89. The molecule has 0 bridgehead atoms. The minimum absolute atomic E-state index is 0.0605. The molecule has 1 aromatic carbocycles. The third-order valence-corrected chi connectivity index (χ3v) is 3.62. The molecule has 0 aliphatic heterocycles. The number of hydrogen-bond acceptors (Lipinski definition) is 4. The molecule has 1 atom stereocenters. The Morgan fingerprint density at radius 1 is 1.26 bits per heavy atom. The van der Waals surface area contributed by atoms with Crippen molar-refractivity contribution in [1.29, 1.82) is 0 Å². The Balaban J connectivity index is 2.77. The summed E-state index contributed by atoms with van der Waals surface area (Å²) in [5.41, 5.74) is 0. The predicted octanol–water partition coefficient (Wildman–Crippen LogP) is 0.563. The summed E-state index contributed by atoms with van der Waals surface area (Å²) in [5.74, 6) is -1.98. The van der Waals surface area contributed by atoms with E-state index in [4.69, 9.17) is 5.11 Å². The van der Waals surface area contributed by atoms with Crippen molar-refractivity contribution in [2.45, 2.75) is 17.9 Å². The third kappa shape index (κ3) is 4.55. The molecule has 0 saturated heterocycles. The van der Waals surface area contributed by atoms with Crippen molar-refractivity contribution in [2.75, 3.05) is 0 Å². The summed E-state index contributed by atoms with van der Waals surface area (Å²) in [6.45, 7) is 1.28. The molecule has 0 fully saturated rings. The molecular formula is C12H13NO5S. The van der Waals surface area contributed by atoms with Crippen molar-refractivity contribution < 1.29 is 23.1 Å². The molecule has 2 N–H and O–H groups in total. The minimum Gasteiger partial charge on any atom is -0.480 e. The smallest absolute Gasteiger partial charge is 0.325 e. The highest BCUT2D eigenvalue weighted by molar-refractivity contribution is 7.94. The number of carbonyl (C=O) groups is 2. The van der Waals surface area contributed by atoms with Crippen LogP contribution in [0, 0.1) is 0 Å². The number of carboxylic acids is 1. The molecule has 0 aromatic heterocycles. The van der Waals surface area contributed by atoms with Crippen LogP contribution in [0.2, 0.25) is 0 Å². The molecule has 0 unspecified atom stereocenters.